The molecule has 1 saturated carbocycles. The van der Waals surface area contributed by atoms with E-state index in [0.29, 0.717) is 37.6 Å². The van der Waals surface area contributed by atoms with Crippen LogP contribution in [-0.2, 0) is 20.9 Å². The molecule has 0 bridgehead atoms. The van der Waals surface area contributed by atoms with Crippen LogP contribution in [-0.4, -0.2) is 47.0 Å². The van der Waals surface area contributed by atoms with E-state index in [1.807, 2.05) is 0 Å². The molecule has 8 nitrogen and oxygen atoms in total. The Balaban J connectivity index is 1.47. The summed E-state index contributed by atoms with van der Waals surface area (Å²) in [5, 5.41) is 4.83. The second kappa shape index (κ2) is 8.81. The summed E-state index contributed by atoms with van der Waals surface area (Å²) in [5.74, 6) is -7.05. The van der Waals surface area contributed by atoms with Gasteiger partial charge in [0.2, 0.25) is 11.8 Å². The minimum absolute atomic E-state index is 0.00537. The van der Waals surface area contributed by atoms with Gasteiger partial charge in [0.25, 0.3) is 11.8 Å². The Kier molecular flexibility index (Phi) is 6.18. The van der Waals surface area contributed by atoms with Crippen molar-refractivity contribution in [2.24, 2.45) is 23.5 Å². The highest BCUT2D eigenvalue weighted by Crippen LogP contribution is 2.40. The van der Waals surface area contributed by atoms with Crippen molar-refractivity contribution in [2.45, 2.75) is 51.1 Å². The third kappa shape index (κ3) is 4.41. The molecule has 2 heterocycles. The van der Waals surface area contributed by atoms with Crippen molar-refractivity contribution in [3.63, 3.8) is 0 Å². The Hall–Kier alpha value is -3.30. The summed E-state index contributed by atoms with van der Waals surface area (Å²) >= 11 is 0. The molecule has 1 aromatic rings. The molecule has 34 heavy (non-hydrogen) atoms. The SMILES string of the molecule is C=C(NC(=O)C(C)(F)F)c1ccc2c(c1)C(=O)N(C1CCCC(C3CNC(=O)C3C(N)=O)C1)C2. The lowest BCUT2D eigenvalue weighted by atomic mass is 9.73. The van der Waals surface area contributed by atoms with Crippen LogP contribution in [0.3, 0.4) is 0 Å². The van der Waals surface area contributed by atoms with Gasteiger partial charge in [0.05, 0.1) is 0 Å². The van der Waals surface area contributed by atoms with Crippen molar-refractivity contribution >= 4 is 29.3 Å². The normalized spacial score (nSPS) is 26.7. The first-order valence-corrected chi connectivity index (χ1v) is 11.4. The Morgan fingerprint density at radius 2 is 2.00 bits per heavy atom. The molecule has 4 amide bonds. The zero-order chi connectivity index (χ0) is 24.8. The molecule has 3 aliphatic rings. The number of rotatable bonds is 6. The average molecular weight is 475 g/mol. The Morgan fingerprint density at radius 1 is 1.26 bits per heavy atom. The van der Waals surface area contributed by atoms with E-state index in [-0.39, 0.29) is 35.4 Å². The smallest absolute Gasteiger partial charge is 0.322 e. The third-order valence-corrected chi connectivity index (χ3v) is 7.22. The van der Waals surface area contributed by atoms with E-state index in [1.165, 1.54) is 0 Å². The Labute approximate surface area is 195 Å². The fourth-order valence-corrected chi connectivity index (χ4v) is 5.42. The predicted molar refractivity (Wildman–Crippen MR) is 119 cm³/mol. The van der Waals surface area contributed by atoms with E-state index in [0.717, 1.165) is 24.8 Å². The van der Waals surface area contributed by atoms with Crippen molar-refractivity contribution in [2.75, 3.05) is 6.54 Å². The van der Waals surface area contributed by atoms with Crippen LogP contribution < -0.4 is 16.4 Å². The number of carbonyl (C=O) groups is 4. The van der Waals surface area contributed by atoms with Crippen LogP contribution in [0.2, 0.25) is 0 Å². The molecular formula is C24H28F2N4O4. The molecule has 182 valence electrons. The van der Waals surface area contributed by atoms with Gasteiger partial charge in [-0.05, 0) is 48.3 Å². The van der Waals surface area contributed by atoms with Gasteiger partial charge in [-0.2, -0.15) is 8.78 Å². The van der Waals surface area contributed by atoms with Crippen molar-refractivity contribution < 1.29 is 28.0 Å². The molecule has 2 fully saturated rings. The first-order chi connectivity index (χ1) is 16.0. The lowest BCUT2D eigenvalue weighted by molar-refractivity contribution is -0.141. The van der Waals surface area contributed by atoms with E-state index < -0.39 is 23.7 Å². The number of hydrogen-bond donors (Lipinski definition) is 3. The Morgan fingerprint density at radius 3 is 2.68 bits per heavy atom. The fourth-order valence-electron chi connectivity index (χ4n) is 5.42. The monoisotopic (exact) mass is 474 g/mol. The zero-order valence-corrected chi connectivity index (χ0v) is 18.9. The van der Waals surface area contributed by atoms with Crippen molar-refractivity contribution in [3.8, 4) is 0 Å². The van der Waals surface area contributed by atoms with Gasteiger partial charge in [-0.1, -0.05) is 25.1 Å². The molecule has 0 radical (unpaired) electrons. The van der Waals surface area contributed by atoms with E-state index in [9.17, 15) is 28.0 Å². The van der Waals surface area contributed by atoms with Gasteiger partial charge < -0.3 is 21.3 Å². The number of carbonyl (C=O) groups excluding carboxylic acids is 4. The van der Waals surface area contributed by atoms with Crippen molar-refractivity contribution in [1.82, 2.24) is 15.5 Å². The number of fused-ring (bicyclic) bond motifs is 1. The number of nitrogens with zero attached hydrogens (tertiary/aromatic N) is 1. The molecule has 4 rings (SSSR count). The molecular weight excluding hydrogens is 446 g/mol. The van der Waals surface area contributed by atoms with E-state index in [4.69, 9.17) is 5.73 Å². The number of hydrogen-bond acceptors (Lipinski definition) is 4. The molecule has 4 N–H and O–H groups in total. The molecule has 1 saturated heterocycles. The van der Waals surface area contributed by atoms with Gasteiger partial charge in [-0.25, -0.2) is 0 Å². The molecule has 4 atom stereocenters. The standard InChI is InChI=1S/C24H28F2N4O4/c1-12(29-23(34)24(2,25)26)13-6-7-15-11-30(22(33)17(15)9-13)16-5-3-4-14(8-16)18-10-28-21(32)19(18)20(27)31/h6-7,9,14,16,18-19H,1,3-5,8,10-11H2,2H3,(H2,27,31)(H,28,32)(H,29,34). The lowest BCUT2D eigenvalue weighted by Gasteiger charge is -2.38. The summed E-state index contributed by atoms with van der Waals surface area (Å²) in [5.41, 5.74) is 7.11. The van der Waals surface area contributed by atoms with Crippen LogP contribution in [0.5, 0.6) is 0 Å². The topological polar surface area (TPSA) is 122 Å². The quantitative estimate of drug-likeness (QED) is 0.544. The number of primary amides is 1. The van der Waals surface area contributed by atoms with Crippen molar-refractivity contribution in [1.29, 1.82) is 0 Å². The molecule has 10 heteroatoms. The lowest BCUT2D eigenvalue weighted by Crippen LogP contribution is -2.43. The second-order valence-corrected chi connectivity index (χ2v) is 9.50. The summed E-state index contributed by atoms with van der Waals surface area (Å²) in [6, 6.07) is 4.90. The van der Waals surface area contributed by atoms with E-state index in [1.54, 1.807) is 23.1 Å². The first-order valence-electron chi connectivity index (χ1n) is 11.4. The van der Waals surface area contributed by atoms with Crippen LogP contribution in [0, 0.1) is 17.8 Å². The minimum Gasteiger partial charge on any atom is -0.369 e. The highest BCUT2D eigenvalue weighted by molar-refractivity contribution is 6.01. The molecule has 2 aliphatic heterocycles. The fraction of sp³-hybridized carbons (Fsp3) is 0.500. The number of amides is 4. The van der Waals surface area contributed by atoms with Crippen LogP contribution in [0.15, 0.2) is 24.8 Å². The summed E-state index contributed by atoms with van der Waals surface area (Å²) in [7, 11) is 0. The van der Waals surface area contributed by atoms with Crippen LogP contribution >= 0.6 is 0 Å². The van der Waals surface area contributed by atoms with Gasteiger partial charge in [0, 0.05) is 37.3 Å². The summed E-state index contributed by atoms with van der Waals surface area (Å²) in [4.78, 5) is 50.5. The predicted octanol–water partition coefficient (Wildman–Crippen LogP) is 1.79. The molecule has 0 aromatic heterocycles. The number of alkyl halides is 2. The number of halogens is 2. The molecule has 4 unspecified atom stereocenters. The largest absolute Gasteiger partial charge is 0.369 e. The Bertz CT molecular complexity index is 1070. The van der Waals surface area contributed by atoms with Gasteiger partial charge in [-0.15, -0.1) is 0 Å². The summed E-state index contributed by atoms with van der Waals surface area (Å²) in [6.07, 6.45) is 3.21. The van der Waals surface area contributed by atoms with E-state index in [2.05, 4.69) is 17.2 Å². The highest BCUT2D eigenvalue weighted by Gasteiger charge is 2.45. The van der Waals surface area contributed by atoms with E-state index >= 15 is 0 Å². The highest BCUT2D eigenvalue weighted by atomic mass is 19.3. The number of benzene rings is 1. The average Bonchev–Trinajstić information content (AvgIpc) is 3.33. The maximum atomic E-state index is 13.3. The molecule has 1 aromatic carbocycles. The second-order valence-electron chi connectivity index (χ2n) is 9.50. The summed E-state index contributed by atoms with van der Waals surface area (Å²) < 4.78 is 26.4. The molecule has 0 spiro atoms. The third-order valence-electron chi connectivity index (χ3n) is 7.22. The minimum atomic E-state index is -3.54. The van der Waals surface area contributed by atoms with Gasteiger partial charge in [-0.3, -0.25) is 19.2 Å². The van der Waals surface area contributed by atoms with Gasteiger partial charge >= 0.3 is 5.92 Å². The van der Waals surface area contributed by atoms with Crippen molar-refractivity contribution in [3.05, 3.63) is 41.5 Å². The maximum absolute atomic E-state index is 13.3. The maximum Gasteiger partial charge on any atom is 0.322 e. The van der Waals surface area contributed by atoms with Crippen LogP contribution in [0.1, 0.15) is 54.1 Å². The first kappa shape index (κ1) is 23.8. The van der Waals surface area contributed by atoms with Gasteiger partial charge in [0.1, 0.15) is 5.92 Å². The summed E-state index contributed by atoms with van der Waals surface area (Å²) in [6.45, 7) is 4.98. The number of nitrogens with one attached hydrogen (secondary N) is 2. The zero-order valence-electron chi connectivity index (χ0n) is 18.9. The van der Waals surface area contributed by atoms with Gasteiger partial charge in [0.15, 0.2) is 0 Å². The van der Waals surface area contributed by atoms with Crippen LogP contribution in [0.4, 0.5) is 8.78 Å². The van der Waals surface area contributed by atoms with Crippen LogP contribution in [0.25, 0.3) is 5.70 Å². The number of nitrogens with two attached hydrogens (primary N) is 1. The molecule has 1 aliphatic carbocycles.